The predicted molar refractivity (Wildman–Crippen MR) is 122 cm³/mol. The molecule has 0 saturated carbocycles. The van der Waals surface area contributed by atoms with Gasteiger partial charge in [0.2, 0.25) is 0 Å². The second kappa shape index (κ2) is 8.18. The quantitative estimate of drug-likeness (QED) is 0.432. The molecule has 5 heteroatoms. The fourth-order valence-electron chi connectivity index (χ4n) is 3.40. The van der Waals surface area contributed by atoms with Crippen molar-refractivity contribution in [2.75, 3.05) is 13.7 Å². The summed E-state index contributed by atoms with van der Waals surface area (Å²) in [5.41, 5.74) is 5.72. The van der Waals surface area contributed by atoms with Gasteiger partial charge in [0.05, 0.1) is 30.6 Å². The number of pyridine rings is 2. The van der Waals surface area contributed by atoms with Crippen molar-refractivity contribution >= 4 is 25.4 Å². The molecule has 0 saturated heterocycles. The van der Waals surface area contributed by atoms with Gasteiger partial charge in [-0.05, 0) is 60.6 Å². The summed E-state index contributed by atoms with van der Waals surface area (Å²) in [7, 11) is 4.41. The van der Waals surface area contributed by atoms with Crippen molar-refractivity contribution in [3.63, 3.8) is 0 Å². The molecule has 0 aliphatic carbocycles. The van der Waals surface area contributed by atoms with Gasteiger partial charge in [-0.2, -0.15) is 0 Å². The molecular weight excluding hydrogens is 379 g/mol. The minimum atomic E-state index is 0.648. The Morgan fingerprint density at radius 2 is 1.76 bits per heavy atom. The summed E-state index contributed by atoms with van der Waals surface area (Å²) < 4.78 is 11.2. The molecule has 4 nitrogen and oxygen atoms in total. The molecule has 4 aromatic rings. The fourth-order valence-corrected chi connectivity index (χ4v) is 3.67. The van der Waals surface area contributed by atoms with Crippen LogP contribution < -0.4 is 14.8 Å². The van der Waals surface area contributed by atoms with E-state index in [0.717, 1.165) is 50.2 Å². The first-order valence-electron chi connectivity index (χ1n) is 9.53. The molecule has 0 aliphatic heterocycles. The summed E-state index contributed by atoms with van der Waals surface area (Å²) >= 11 is 0. The SMILES string of the molecule is CCOc1ccc(-c2cnc(-c3cc(C)c4cc(P)ccc4n3)cc2OC)cc1. The van der Waals surface area contributed by atoms with Crippen LogP contribution in [0.4, 0.5) is 0 Å². The third-order valence-electron chi connectivity index (χ3n) is 4.86. The number of hydrogen-bond acceptors (Lipinski definition) is 4. The average Bonchev–Trinajstić information content (AvgIpc) is 2.74. The van der Waals surface area contributed by atoms with Crippen LogP contribution in [0.15, 0.2) is 60.8 Å². The zero-order valence-corrected chi connectivity index (χ0v) is 17.9. The highest BCUT2D eigenvalue weighted by molar-refractivity contribution is 7.27. The standard InChI is InChI=1S/C24H23N2O2P/c1-4-28-17-7-5-16(6-8-17)20-14-25-22(13-24(20)27-3)23-11-15(2)19-12-18(29)9-10-21(19)26-23/h5-14H,4,29H2,1-3H3. The lowest BCUT2D eigenvalue weighted by Gasteiger charge is -2.12. The van der Waals surface area contributed by atoms with Gasteiger partial charge in [-0.25, -0.2) is 4.98 Å². The van der Waals surface area contributed by atoms with Crippen LogP contribution in [0.3, 0.4) is 0 Å². The predicted octanol–water partition coefficient (Wildman–Crippen LogP) is 5.18. The summed E-state index contributed by atoms with van der Waals surface area (Å²) in [6.07, 6.45) is 1.84. The van der Waals surface area contributed by atoms with E-state index in [-0.39, 0.29) is 0 Å². The highest BCUT2D eigenvalue weighted by Gasteiger charge is 2.12. The molecule has 0 N–H and O–H groups in total. The zero-order chi connectivity index (χ0) is 20.4. The van der Waals surface area contributed by atoms with E-state index >= 15 is 0 Å². The summed E-state index contributed by atoms with van der Waals surface area (Å²) in [5, 5.41) is 2.30. The van der Waals surface area contributed by atoms with Gasteiger partial charge < -0.3 is 9.47 Å². The summed E-state index contributed by atoms with van der Waals surface area (Å²) in [6, 6.07) is 18.2. The van der Waals surface area contributed by atoms with Gasteiger partial charge in [0.25, 0.3) is 0 Å². The maximum absolute atomic E-state index is 5.67. The third kappa shape index (κ3) is 3.94. The second-order valence-electron chi connectivity index (χ2n) is 6.83. The largest absolute Gasteiger partial charge is 0.496 e. The van der Waals surface area contributed by atoms with Crippen molar-refractivity contribution in [2.24, 2.45) is 0 Å². The monoisotopic (exact) mass is 402 g/mol. The van der Waals surface area contributed by atoms with Crippen molar-refractivity contribution in [1.82, 2.24) is 9.97 Å². The summed E-state index contributed by atoms with van der Waals surface area (Å²) in [6.45, 7) is 4.72. The lowest BCUT2D eigenvalue weighted by molar-refractivity contribution is 0.340. The van der Waals surface area contributed by atoms with Crippen LogP contribution in [0, 0.1) is 6.92 Å². The molecule has 29 heavy (non-hydrogen) atoms. The summed E-state index contributed by atoms with van der Waals surface area (Å²) in [5.74, 6) is 1.61. The molecule has 2 aromatic carbocycles. The van der Waals surface area contributed by atoms with Crippen LogP contribution in [-0.4, -0.2) is 23.7 Å². The molecule has 0 radical (unpaired) electrons. The van der Waals surface area contributed by atoms with Gasteiger partial charge in [0, 0.05) is 23.2 Å². The van der Waals surface area contributed by atoms with Gasteiger partial charge in [0.1, 0.15) is 11.5 Å². The summed E-state index contributed by atoms with van der Waals surface area (Å²) in [4.78, 5) is 9.49. The average molecular weight is 402 g/mol. The van der Waals surface area contributed by atoms with E-state index in [0.29, 0.717) is 6.61 Å². The van der Waals surface area contributed by atoms with Crippen molar-refractivity contribution in [1.29, 1.82) is 0 Å². The molecule has 2 aromatic heterocycles. The van der Waals surface area contributed by atoms with Gasteiger partial charge in [0.15, 0.2) is 0 Å². The first-order valence-corrected chi connectivity index (χ1v) is 10.1. The number of aryl methyl sites for hydroxylation is 1. The highest BCUT2D eigenvalue weighted by atomic mass is 31.0. The van der Waals surface area contributed by atoms with E-state index in [1.165, 1.54) is 5.56 Å². The Balaban J connectivity index is 1.75. The van der Waals surface area contributed by atoms with Crippen LogP contribution in [-0.2, 0) is 0 Å². The Morgan fingerprint density at radius 3 is 2.48 bits per heavy atom. The Bertz CT molecular complexity index is 1170. The van der Waals surface area contributed by atoms with Crippen molar-refractivity contribution < 1.29 is 9.47 Å². The molecule has 0 amide bonds. The van der Waals surface area contributed by atoms with E-state index in [1.807, 2.05) is 55.6 Å². The van der Waals surface area contributed by atoms with Crippen molar-refractivity contribution in [2.45, 2.75) is 13.8 Å². The molecular formula is C24H23N2O2P. The van der Waals surface area contributed by atoms with E-state index in [2.05, 4.69) is 33.3 Å². The van der Waals surface area contributed by atoms with Gasteiger partial charge in [-0.15, -0.1) is 9.24 Å². The highest BCUT2D eigenvalue weighted by Crippen LogP contribution is 2.33. The molecule has 4 rings (SSSR count). The number of nitrogens with zero attached hydrogens (tertiary/aromatic N) is 2. The van der Waals surface area contributed by atoms with E-state index in [1.54, 1.807) is 7.11 Å². The third-order valence-corrected chi connectivity index (χ3v) is 5.22. The van der Waals surface area contributed by atoms with Crippen molar-refractivity contribution in [3.8, 4) is 34.0 Å². The molecule has 146 valence electrons. The van der Waals surface area contributed by atoms with Crippen LogP contribution in [0.25, 0.3) is 33.4 Å². The molecule has 1 atom stereocenters. The second-order valence-corrected chi connectivity index (χ2v) is 7.49. The van der Waals surface area contributed by atoms with Gasteiger partial charge >= 0.3 is 0 Å². The maximum atomic E-state index is 5.67. The minimum absolute atomic E-state index is 0.648. The molecule has 1 unspecified atom stereocenters. The fraction of sp³-hybridized carbons (Fsp3) is 0.167. The van der Waals surface area contributed by atoms with Crippen molar-refractivity contribution in [3.05, 3.63) is 66.4 Å². The van der Waals surface area contributed by atoms with Gasteiger partial charge in [-0.1, -0.05) is 18.2 Å². The van der Waals surface area contributed by atoms with Crippen LogP contribution in [0.1, 0.15) is 12.5 Å². The van der Waals surface area contributed by atoms with Crippen LogP contribution >= 0.6 is 9.24 Å². The molecule has 0 bridgehead atoms. The first kappa shape index (κ1) is 19.4. The number of fused-ring (bicyclic) bond motifs is 1. The Morgan fingerprint density at radius 1 is 0.966 bits per heavy atom. The van der Waals surface area contributed by atoms with Gasteiger partial charge in [-0.3, -0.25) is 4.98 Å². The lowest BCUT2D eigenvalue weighted by Crippen LogP contribution is -1.97. The maximum Gasteiger partial charge on any atom is 0.130 e. The molecule has 0 fully saturated rings. The number of hydrogen-bond donors (Lipinski definition) is 0. The minimum Gasteiger partial charge on any atom is -0.496 e. The van der Waals surface area contributed by atoms with E-state index < -0.39 is 0 Å². The smallest absolute Gasteiger partial charge is 0.130 e. The molecule has 2 heterocycles. The van der Waals surface area contributed by atoms with Crippen LogP contribution in [0.2, 0.25) is 0 Å². The Kier molecular flexibility index (Phi) is 5.46. The normalized spacial score (nSPS) is 10.9. The van der Waals surface area contributed by atoms with E-state index in [9.17, 15) is 0 Å². The van der Waals surface area contributed by atoms with Crippen LogP contribution in [0.5, 0.6) is 11.5 Å². The number of methoxy groups -OCH3 is 1. The molecule has 0 aliphatic rings. The topological polar surface area (TPSA) is 44.2 Å². The van der Waals surface area contributed by atoms with E-state index in [4.69, 9.17) is 14.5 Å². The Labute approximate surface area is 173 Å². The molecule has 0 spiro atoms. The number of aromatic nitrogens is 2. The zero-order valence-electron chi connectivity index (χ0n) is 16.8. The first-order chi connectivity index (χ1) is 14.1. The lowest BCUT2D eigenvalue weighted by atomic mass is 10.0. The number of rotatable bonds is 5. The number of ether oxygens (including phenoxy) is 2. The number of benzene rings is 2. The Hall–Kier alpha value is -2.97.